The van der Waals surface area contributed by atoms with Gasteiger partial charge < -0.3 is 9.73 Å². The minimum atomic E-state index is -0.184. The number of furan rings is 1. The van der Waals surface area contributed by atoms with Crippen LogP contribution in [0.2, 0.25) is 0 Å². The van der Waals surface area contributed by atoms with E-state index in [1.807, 2.05) is 19.2 Å². The fourth-order valence-corrected chi connectivity index (χ4v) is 3.35. The van der Waals surface area contributed by atoms with Crippen LogP contribution >= 0.6 is 0 Å². The number of pyridine rings is 1. The van der Waals surface area contributed by atoms with Crippen molar-refractivity contribution in [2.75, 3.05) is 5.32 Å². The van der Waals surface area contributed by atoms with E-state index in [1.165, 1.54) is 25.7 Å². The van der Waals surface area contributed by atoms with E-state index in [0.717, 1.165) is 5.69 Å². The third-order valence-electron chi connectivity index (χ3n) is 4.71. The van der Waals surface area contributed by atoms with E-state index < -0.39 is 0 Å². The molecule has 4 rings (SSSR count). The Morgan fingerprint density at radius 2 is 2.12 bits per heavy atom. The van der Waals surface area contributed by atoms with Crippen LogP contribution in [0.25, 0.3) is 11.5 Å². The van der Waals surface area contributed by atoms with Gasteiger partial charge >= 0.3 is 0 Å². The highest BCUT2D eigenvalue weighted by atomic mass is 16.3. The van der Waals surface area contributed by atoms with Crippen LogP contribution in [0.1, 0.15) is 47.7 Å². The number of aryl methyl sites for hydroxylation is 1. The van der Waals surface area contributed by atoms with Gasteiger partial charge in [-0.05, 0) is 37.1 Å². The van der Waals surface area contributed by atoms with E-state index >= 15 is 0 Å². The molecule has 25 heavy (non-hydrogen) atoms. The normalized spacial score (nSPS) is 14.8. The summed E-state index contributed by atoms with van der Waals surface area (Å²) in [5.41, 5.74) is 2.24. The number of carbonyl (C=O) groups is 1. The van der Waals surface area contributed by atoms with Gasteiger partial charge in [0.2, 0.25) is 0 Å². The molecule has 6 nitrogen and oxygen atoms in total. The van der Waals surface area contributed by atoms with Gasteiger partial charge in [0.05, 0.1) is 12.0 Å². The number of nitrogens with zero attached hydrogens (tertiary/aromatic N) is 3. The molecule has 3 heterocycles. The molecule has 0 spiro atoms. The Kier molecular flexibility index (Phi) is 4.09. The summed E-state index contributed by atoms with van der Waals surface area (Å²) in [5, 5.41) is 7.52. The minimum Gasteiger partial charge on any atom is -0.463 e. The first-order valence-electron chi connectivity index (χ1n) is 8.56. The summed E-state index contributed by atoms with van der Waals surface area (Å²) in [4.78, 5) is 16.9. The van der Waals surface area contributed by atoms with Gasteiger partial charge in [0.15, 0.2) is 5.76 Å². The Morgan fingerprint density at radius 1 is 1.28 bits per heavy atom. The molecule has 0 aliphatic heterocycles. The molecule has 1 N–H and O–H groups in total. The molecule has 1 aliphatic carbocycles. The molecule has 0 bridgehead atoms. The van der Waals surface area contributed by atoms with Crippen LogP contribution in [0.5, 0.6) is 0 Å². The molecule has 3 aromatic rings. The largest absolute Gasteiger partial charge is 0.463 e. The lowest BCUT2D eigenvalue weighted by Crippen LogP contribution is -2.14. The maximum Gasteiger partial charge on any atom is 0.256 e. The van der Waals surface area contributed by atoms with Crippen LogP contribution in [-0.4, -0.2) is 20.7 Å². The van der Waals surface area contributed by atoms with Gasteiger partial charge in [-0.3, -0.25) is 14.5 Å². The lowest BCUT2D eigenvalue weighted by Gasteiger charge is -2.06. The summed E-state index contributed by atoms with van der Waals surface area (Å²) in [7, 11) is 1.86. The van der Waals surface area contributed by atoms with Crippen molar-refractivity contribution < 1.29 is 9.21 Å². The van der Waals surface area contributed by atoms with Gasteiger partial charge in [0, 0.05) is 30.8 Å². The van der Waals surface area contributed by atoms with Crippen LogP contribution in [0.15, 0.2) is 47.2 Å². The predicted molar refractivity (Wildman–Crippen MR) is 94.3 cm³/mol. The van der Waals surface area contributed by atoms with Crippen molar-refractivity contribution in [3.05, 3.63) is 54.0 Å². The van der Waals surface area contributed by atoms with E-state index in [1.54, 1.807) is 35.3 Å². The van der Waals surface area contributed by atoms with Crippen molar-refractivity contribution >= 4 is 11.7 Å². The Labute approximate surface area is 145 Å². The number of carbonyl (C=O) groups excluding carboxylic acids is 1. The number of rotatable bonds is 4. The van der Waals surface area contributed by atoms with E-state index in [0.29, 0.717) is 28.8 Å². The first kappa shape index (κ1) is 15.6. The van der Waals surface area contributed by atoms with Crippen LogP contribution < -0.4 is 5.32 Å². The quantitative estimate of drug-likeness (QED) is 0.782. The molecule has 128 valence electrons. The molecule has 1 saturated carbocycles. The monoisotopic (exact) mass is 336 g/mol. The van der Waals surface area contributed by atoms with E-state index in [4.69, 9.17) is 4.42 Å². The zero-order valence-corrected chi connectivity index (χ0v) is 14.1. The first-order chi connectivity index (χ1) is 12.2. The molecule has 0 radical (unpaired) electrons. The number of anilines is 1. The van der Waals surface area contributed by atoms with Crippen molar-refractivity contribution in [3.63, 3.8) is 0 Å². The molecule has 0 atom stereocenters. The van der Waals surface area contributed by atoms with Crippen molar-refractivity contribution in [1.82, 2.24) is 14.8 Å². The highest BCUT2D eigenvalue weighted by Gasteiger charge is 2.21. The molecule has 1 fully saturated rings. The van der Waals surface area contributed by atoms with Crippen LogP contribution in [-0.2, 0) is 7.05 Å². The highest BCUT2D eigenvalue weighted by Crippen LogP contribution is 2.34. The molecule has 0 unspecified atom stereocenters. The molecular formula is C19H20N4O2. The van der Waals surface area contributed by atoms with Crippen molar-refractivity contribution in [2.45, 2.75) is 31.6 Å². The predicted octanol–water partition coefficient (Wildman–Crippen LogP) is 3.99. The van der Waals surface area contributed by atoms with Gasteiger partial charge in [0.25, 0.3) is 5.91 Å². The number of amides is 1. The van der Waals surface area contributed by atoms with E-state index in [2.05, 4.69) is 15.4 Å². The van der Waals surface area contributed by atoms with Gasteiger partial charge in [-0.2, -0.15) is 5.10 Å². The third-order valence-corrected chi connectivity index (χ3v) is 4.71. The van der Waals surface area contributed by atoms with Crippen molar-refractivity contribution in [2.24, 2.45) is 7.05 Å². The Hall–Kier alpha value is -2.89. The fourth-order valence-electron chi connectivity index (χ4n) is 3.35. The molecule has 3 aromatic heterocycles. The van der Waals surface area contributed by atoms with Crippen molar-refractivity contribution in [3.8, 4) is 11.5 Å². The summed E-state index contributed by atoms with van der Waals surface area (Å²) < 4.78 is 7.08. The SMILES string of the molecule is Cn1nc(C2CCCC2)cc1NC(=O)c1ccnc(-c2ccco2)c1. The zero-order valence-electron chi connectivity index (χ0n) is 14.1. The van der Waals surface area contributed by atoms with Gasteiger partial charge in [-0.25, -0.2) is 0 Å². The molecule has 0 saturated heterocycles. The minimum absolute atomic E-state index is 0.184. The summed E-state index contributed by atoms with van der Waals surface area (Å²) in [6, 6.07) is 9.02. The second kappa shape index (κ2) is 6.55. The second-order valence-corrected chi connectivity index (χ2v) is 6.42. The van der Waals surface area contributed by atoms with Crippen molar-refractivity contribution in [1.29, 1.82) is 0 Å². The lowest BCUT2D eigenvalue weighted by atomic mass is 10.0. The number of aromatic nitrogens is 3. The summed E-state index contributed by atoms with van der Waals surface area (Å²) >= 11 is 0. The average molecular weight is 336 g/mol. The number of nitrogens with one attached hydrogen (secondary N) is 1. The third kappa shape index (κ3) is 3.20. The molecule has 1 aliphatic rings. The standard InChI is InChI=1S/C19H20N4O2/c1-23-18(12-15(22-23)13-5-2-3-6-13)21-19(24)14-8-9-20-16(11-14)17-7-4-10-25-17/h4,7-13H,2-3,5-6H2,1H3,(H,21,24). The van der Waals surface area contributed by atoms with E-state index in [-0.39, 0.29) is 5.91 Å². The van der Waals surface area contributed by atoms with Crippen LogP contribution in [0.3, 0.4) is 0 Å². The Bertz CT molecular complexity index is 877. The smallest absolute Gasteiger partial charge is 0.256 e. The molecule has 0 aromatic carbocycles. The fraction of sp³-hybridized carbons (Fsp3) is 0.316. The van der Waals surface area contributed by atoms with Crippen LogP contribution in [0, 0.1) is 0 Å². The Balaban J connectivity index is 1.53. The maximum absolute atomic E-state index is 12.6. The highest BCUT2D eigenvalue weighted by molar-refractivity contribution is 6.04. The average Bonchev–Trinajstić information content (AvgIpc) is 3.38. The summed E-state index contributed by atoms with van der Waals surface area (Å²) in [6.45, 7) is 0. The second-order valence-electron chi connectivity index (χ2n) is 6.42. The zero-order chi connectivity index (χ0) is 17.2. The van der Waals surface area contributed by atoms with Crippen LogP contribution in [0.4, 0.5) is 5.82 Å². The number of hydrogen-bond donors (Lipinski definition) is 1. The lowest BCUT2D eigenvalue weighted by molar-refractivity contribution is 0.102. The van der Waals surface area contributed by atoms with Gasteiger partial charge in [0.1, 0.15) is 11.5 Å². The van der Waals surface area contributed by atoms with Gasteiger partial charge in [-0.1, -0.05) is 12.8 Å². The summed E-state index contributed by atoms with van der Waals surface area (Å²) in [6.07, 6.45) is 8.08. The topological polar surface area (TPSA) is 73.0 Å². The van der Waals surface area contributed by atoms with Gasteiger partial charge in [-0.15, -0.1) is 0 Å². The van der Waals surface area contributed by atoms with E-state index in [9.17, 15) is 4.79 Å². The Morgan fingerprint density at radius 3 is 2.88 bits per heavy atom. The maximum atomic E-state index is 12.6. The number of hydrogen-bond acceptors (Lipinski definition) is 4. The molecular weight excluding hydrogens is 316 g/mol. The first-order valence-corrected chi connectivity index (χ1v) is 8.56. The summed E-state index contributed by atoms with van der Waals surface area (Å²) in [5.74, 6) is 1.68. The molecule has 6 heteroatoms. The molecule has 1 amide bonds.